The molecular formula is C12H14F3N3OS. The summed E-state index contributed by atoms with van der Waals surface area (Å²) >= 11 is 4.76. The van der Waals surface area contributed by atoms with Crippen molar-refractivity contribution >= 4 is 28.9 Å². The highest BCUT2D eigenvalue weighted by atomic mass is 32.1. The van der Waals surface area contributed by atoms with E-state index in [1.54, 1.807) is 6.92 Å². The summed E-state index contributed by atoms with van der Waals surface area (Å²) in [5.74, 6) is 0. The Bertz CT molecular complexity index is 505. The number of urea groups is 1. The highest BCUT2D eigenvalue weighted by molar-refractivity contribution is 7.80. The number of amides is 2. The minimum atomic E-state index is -4.46. The van der Waals surface area contributed by atoms with E-state index in [0.717, 1.165) is 12.1 Å². The highest BCUT2D eigenvalue weighted by Gasteiger charge is 2.30. The Morgan fingerprint density at radius 1 is 1.45 bits per heavy atom. The van der Waals surface area contributed by atoms with Gasteiger partial charge in [-0.1, -0.05) is 25.2 Å². The monoisotopic (exact) mass is 305 g/mol. The van der Waals surface area contributed by atoms with Crippen molar-refractivity contribution in [1.82, 2.24) is 5.32 Å². The lowest BCUT2D eigenvalue weighted by Crippen LogP contribution is -2.44. The van der Waals surface area contributed by atoms with Crippen LogP contribution in [-0.4, -0.2) is 17.1 Å². The fraction of sp³-hybridized carbons (Fsp3) is 0.333. The van der Waals surface area contributed by atoms with Crippen LogP contribution in [-0.2, 0) is 6.18 Å². The molecule has 1 unspecified atom stereocenters. The average Bonchev–Trinajstić information content (AvgIpc) is 2.34. The smallest absolute Gasteiger partial charge is 0.392 e. The summed E-state index contributed by atoms with van der Waals surface area (Å²) in [7, 11) is 0. The quantitative estimate of drug-likeness (QED) is 0.749. The maximum atomic E-state index is 12.5. The summed E-state index contributed by atoms with van der Waals surface area (Å²) < 4.78 is 37.5. The lowest BCUT2D eigenvalue weighted by atomic mass is 10.2. The van der Waals surface area contributed by atoms with Gasteiger partial charge in [0.2, 0.25) is 0 Å². The summed E-state index contributed by atoms with van der Waals surface area (Å²) in [6, 6.07) is 3.17. The number of rotatable bonds is 4. The largest absolute Gasteiger partial charge is 0.416 e. The van der Waals surface area contributed by atoms with Crippen molar-refractivity contribution in [3.8, 4) is 0 Å². The number of halogens is 3. The number of carbonyl (C=O) groups excluding carboxylic acids is 1. The molecule has 2 amide bonds. The second-order valence-corrected chi connectivity index (χ2v) is 4.51. The summed E-state index contributed by atoms with van der Waals surface area (Å²) in [5.41, 5.74) is 4.61. The van der Waals surface area contributed by atoms with E-state index in [4.69, 9.17) is 18.0 Å². The summed E-state index contributed by atoms with van der Waals surface area (Å²) in [4.78, 5) is 11.7. The number of thiocarbonyl (C=S) groups is 1. The molecule has 110 valence electrons. The fourth-order valence-corrected chi connectivity index (χ4v) is 1.70. The molecule has 4 N–H and O–H groups in total. The second kappa shape index (κ2) is 6.56. The van der Waals surface area contributed by atoms with Gasteiger partial charge in [-0.15, -0.1) is 0 Å². The first-order chi connectivity index (χ1) is 9.24. The van der Waals surface area contributed by atoms with Gasteiger partial charge in [-0.3, -0.25) is 0 Å². The standard InChI is InChI=1S/C12H14F3N3OS/c1-2-9(10(16)20)18-11(19)17-8-5-3-4-7(6-8)12(13,14)15/h3-6,9H,2H2,1H3,(H2,16,20)(H2,17,18,19). The van der Waals surface area contributed by atoms with Gasteiger partial charge in [0.1, 0.15) is 0 Å². The first-order valence-corrected chi connectivity index (χ1v) is 6.19. The van der Waals surface area contributed by atoms with Gasteiger partial charge >= 0.3 is 12.2 Å². The number of nitrogens with two attached hydrogens (primary N) is 1. The number of benzene rings is 1. The molecule has 0 aromatic heterocycles. The van der Waals surface area contributed by atoms with Crippen LogP contribution in [0.15, 0.2) is 24.3 Å². The molecule has 1 aromatic carbocycles. The van der Waals surface area contributed by atoms with E-state index < -0.39 is 23.8 Å². The van der Waals surface area contributed by atoms with E-state index in [2.05, 4.69) is 10.6 Å². The minimum absolute atomic E-state index is 0.0371. The third kappa shape index (κ3) is 4.69. The molecule has 1 rings (SSSR count). The average molecular weight is 305 g/mol. The Hall–Kier alpha value is -1.83. The number of nitrogens with one attached hydrogen (secondary N) is 2. The van der Waals surface area contributed by atoms with Gasteiger partial charge in [0.15, 0.2) is 0 Å². The van der Waals surface area contributed by atoms with E-state index in [9.17, 15) is 18.0 Å². The first kappa shape index (κ1) is 16.2. The zero-order valence-corrected chi connectivity index (χ0v) is 11.4. The Kier molecular flexibility index (Phi) is 5.32. The zero-order valence-electron chi connectivity index (χ0n) is 10.6. The SMILES string of the molecule is CCC(NC(=O)Nc1cccc(C(F)(F)F)c1)C(N)=S. The molecule has 8 heteroatoms. The van der Waals surface area contributed by atoms with Gasteiger partial charge in [0.05, 0.1) is 16.6 Å². The zero-order chi connectivity index (χ0) is 15.3. The molecule has 0 spiro atoms. The van der Waals surface area contributed by atoms with Crippen LogP contribution in [0.5, 0.6) is 0 Å². The summed E-state index contributed by atoms with van der Waals surface area (Å²) in [6.45, 7) is 1.77. The normalized spacial score (nSPS) is 12.6. The van der Waals surface area contributed by atoms with Crippen molar-refractivity contribution < 1.29 is 18.0 Å². The van der Waals surface area contributed by atoms with Crippen LogP contribution in [0.2, 0.25) is 0 Å². The first-order valence-electron chi connectivity index (χ1n) is 5.78. The molecule has 0 heterocycles. The van der Waals surface area contributed by atoms with E-state index in [1.165, 1.54) is 12.1 Å². The lowest BCUT2D eigenvalue weighted by molar-refractivity contribution is -0.137. The molecular weight excluding hydrogens is 291 g/mol. The Labute approximate surface area is 119 Å². The van der Waals surface area contributed by atoms with Crippen molar-refractivity contribution in [1.29, 1.82) is 0 Å². The molecule has 1 aromatic rings. The molecule has 0 aliphatic carbocycles. The topological polar surface area (TPSA) is 67.2 Å². The Morgan fingerprint density at radius 2 is 2.10 bits per heavy atom. The van der Waals surface area contributed by atoms with Gasteiger partial charge in [0.25, 0.3) is 0 Å². The lowest BCUT2D eigenvalue weighted by Gasteiger charge is -2.16. The second-order valence-electron chi connectivity index (χ2n) is 4.04. The predicted molar refractivity (Wildman–Crippen MR) is 74.5 cm³/mol. The molecule has 0 radical (unpaired) electrons. The maximum Gasteiger partial charge on any atom is 0.416 e. The van der Waals surface area contributed by atoms with Crippen molar-refractivity contribution in [2.24, 2.45) is 5.73 Å². The molecule has 4 nitrogen and oxygen atoms in total. The number of alkyl halides is 3. The number of hydrogen-bond acceptors (Lipinski definition) is 2. The molecule has 0 bridgehead atoms. The van der Waals surface area contributed by atoms with E-state index >= 15 is 0 Å². The van der Waals surface area contributed by atoms with Gasteiger partial charge in [0, 0.05) is 5.69 Å². The van der Waals surface area contributed by atoms with Crippen molar-refractivity contribution in [3.05, 3.63) is 29.8 Å². The van der Waals surface area contributed by atoms with Crippen LogP contribution >= 0.6 is 12.2 Å². The van der Waals surface area contributed by atoms with Gasteiger partial charge in [-0.25, -0.2) is 4.79 Å². The Morgan fingerprint density at radius 3 is 2.60 bits per heavy atom. The van der Waals surface area contributed by atoms with Gasteiger partial charge in [-0.2, -0.15) is 13.2 Å². The summed E-state index contributed by atoms with van der Waals surface area (Å²) in [6.07, 6.45) is -3.97. The number of hydrogen-bond donors (Lipinski definition) is 3. The molecule has 0 aliphatic heterocycles. The maximum absolute atomic E-state index is 12.5. The predicted octanol–water partition coefficient (Wildman–Crippen LogP) is 2.89. The van der Waals surface area contributed by atoms with Crippen LogP contribution in [0.4, 0.5) is 23.7 Å². The third-order valence-corrected chi connectivity index (χ3v) is 2.79. The minimum Gasteiger partial charge on any atom is -0.392 e. The molecule has 0 saturated heterocycles. The van der Waals surface area contributed by atoms with Crippen molar-refractivity contribution in [2.75, 3.05) is 5.32 Å². The van der Waals surface area contributed by atoms with E-state index in [1.807, 2.05) is 0 Å². The van der Waals surface area contributed by atoms with Crippen LogP contribution < -0.4 is 16.4 Å². The molecule has 0 fully saturated rings. The molecule has 0 saturated carbocycles. The molecule has 20 heavy (non-hydrogen) atoms. The van der Waals surface area contributed by atoms with Crippen LogP contribution in [0.3, 0.4) is 0 Å². The summed E-state index contributed by atoms with van der Waals surface area (Å²) in [5, 5.41) is 4.78. The number of carbonyl (C=O) groups is 1. The third-order valence-electron chi connectivity index (χ3n) is 2.50. The van der Waals surface area contributed by atoms with E-state index in [-0.39, 0.29) is 10.7 Å². The van der Waals surface area contributed by atoms with Gasteiger partial charge in [-0.05, 0) is 24.6 Å². The van der Waals surface area contributed by atoms with Crippen molar-refractivity contribution in [3.63, 3.8) is 0 Å². The molecule has 0 aliphatic rings. The van der Waals surface area contributed by atoms with E-state index in [0.29, 0.717) is 6.42 Å². The van der Waals surface area contributed by atoms with Gasteiger partial charge < -0.3 is 16.4 Å². The fourth-order valence-electron chi connectivity index (χ4n) is 1.47. The highest BCUT2D eigenvalue weighted by Crippen LogP contribution is 2.30. The number of anilines is 1. The Balaban J connectivity index is 2.74. The van der Waals surface area contributed by atoms with Crippen molar-refractivity contribution in [2.45, 2.75) is 25.6 Å². The van der Waals surface area contributed by atoms with Crippen LogP contribution in [0.1, 0.15) is 18.9 Å². The van der Waals surface area contributed by atoms with Crippen LogP contribution in [0, 0.1) is 0 Å². The van der Waals surface area contributed by atoms with Crippen LogP contribution in [0.25, 0.3) is 0 Å². The molecule has 1 atom stereocenters.